The summed E-state index contributed by atoms with van der Waals surface area (Å²) in [6.07, 6.45) is -6.07. The summed E-state index contributed by atoms with van der Waals surface area (Å²) in [5.41, 5.74) is -0.277. The Morgan fingerprint density at radius 3 is 2.48 bits per heavy atom. The van der Waals surface area contributed by atoms with Gasteiger partial charge in [0.15, 0.2) is 0 Å². The van der Waals surface area contributed by atoms with Crippen molar-refractivity contribution in [3.63, 3.8) is 0 Å². The SMILES string of the molecule is OC[C@H]1C[C@@H](NCc2cccc(C(F)(F)F)c2)[C@H](O)[C@@H]1O. The number of aliphatic hydroxyl groups is 3. The second-order valence-corrected chi connectivity index (χ2v) is 5.35. The third kappa shape index (κ3) is 3.74. The molecule has 0 radical (unpaired) electrons. The van der Waals surface area contributed by atoms with Crippen molar-refractivity contribution in [1.29, 1.82) is 0 Å². The van der Waals surface area contributed by atoms with Crippen LogP contribution in [0.2, 0.25) is 0 Å². The van der Waals surface area contributed by atoms with Crippen molar-refractivity contribution in [1.82, 2.24) is 5.32 Å². The Morgan fingerprint density at radius 1 is 1.19 bits per heavy atom. The third-order valence-electron chi connectivity index (χ3n) is 3.86. The molecular formula is C14H18F3NO3. The van der Waals surface area contributed by atoms with E-state index in [1.165, 1.54) is 6.07 Å². The summed E-state index contributed by atoms with van der Waals surface area (Å²) in [5, 5.41) is 31.5. The maximum absolute atomic E-state index is 12.6. The van der Waals surface area contributed by atoms with E-state index in [9.17, 15) is 23.4 Å². The van der Waals surface area contributed by atoms with E-state index in [1.807, 2.05) is 0 Å². The monoisotopic (exact) mass is 305 g/mol. The molecule has 0 spiro atoms. The van der Waals surface area contributed by atoms with Crippen LogP contribution < -0.4 is 5.32 Å². The lowest BCUT2D eigenvalue weighted by molar-refractivity contribution is -0.137. The number of hydrogen-bond acceptors (Lipinski definition) is 4. The van der Waals surface area contributed by atoms with Crippen LogP contribution in [0.4, 0.5) is 13.2 Å². The Balaban J connectivity index is 1.98. The van der Waals surface area contributed by atoms with Gasteiger partial charge in [-0.25, -0.2) is 0 Å². The van der Waals surface area contributed by atoms with Crippen LogP contribution in [0.15, 0.2) is 24.3 Å². The molecule has 4 N–H and O–H groups in total. The average Bonchev–Trinajstić information content (AvgIpc) is 2.72. The molecule has 4 atom stereocenters. The zero-order chi connectivity index (χ0) is 15.6. The van der Waals surface area contributed by atoms with Crippen molar-refractivity contribution in [2.24, 2.45) is 5.92 Å². The van der Waals surface area contributed by atoms with Gasteiger partial charge in [-0.15, -0.1) is 0 Å². The van der Waals surface area contributed by atoms with E-state index in [1.54, 1.807) is 6.07 Å². The maximum Gasteiger partial charge on any atom is 0.416 e. The molecule has 118 valence electrons. The topological polar surface area (TPSA) is 72.7 Å². The van der Waals surface area contributed by atoms with Crippen LogP contribution in [0.25, 0.3) is 0 Å². The maximum atomic E-state index is 12.6. The van der Waals surface area contributed by atoms with Gasteiger partial charge in [0.25, 0.3) is 0 Å². The fourth-order valence-electron chi connectivity index (χ4n) is 2.62. The van der Waals surface area contributed by atoms with E-state index < -0.39 is 35.9 Å². The van der Waals surface area contributed by atoms with Crippen LogP contribution in [0, 0.1) is 5.92 Å². The molecule has 0 bridgehead atoms. The molecule has 1 aromatic carbocycles. The summed E-state index contributed by atoms with van der Waals surface area (Å²) in [4.78, 5) is 0. The zero-order valence-corrected chi connectivity index (χ0v) is 11.2. The smallest absolute Gasteiger partial charge is 0.396 e. The summed E-state index contributed by atoms with van der Waals surface area (Å²) in [6.45, 7) is -0.0868. The van der Waals surface area contributed by atoms with E-state index in [2.05, 4.69) is 5.32 Å². The highest BCUT2D eigenvalue weighted by Gasteiger charge is 2.40. The molecule has 1 aromatic rings. The van der Waals surface area contributed by atoms with E-state index in [0.717, 1.165) is 12.1 Å². The summed E-state index contributed by atoms with van der Waals surface area (Å²) in [5.74, 6) is -0.418. The highest BCUT2D eigenvalue weighted by atomic mass is 19.4. The van der Waals surface area contributed by atoms with Crippen LogP contribution in [0.3, 0.4) is 0 Å². The molecule has 0 amide bonds. The summed E-state index contributed by atoms with van der Waals surface area (Å²) in [6, 6.07) is 4.49. The van der Waals surface area contributed by atoms with Gasteiger partial charge in [0.05, 0.1) is 17.8 Å². The predicted octanol–water partition coefficient (Wildman–Crippen LogP) is 0.898. The minimum absolute atomic E-state index is 0.149. The normalized spacial score (nSPS) is 29.8. The zero-order valence-electron chi connectivity index (χ0n) is 11.2. The fourth-order valence-corrected chi connectivity index (χ4v) is 2.62. The van der Waals surface area contributed by atoms with Crippen molar-refractivity contribution in [3.8, 4) is 0 Å². The van der Waals surface area contributed by atoms with E-state index in [-0.39, 0.29) is 13.2 Å². The molecule has 2 rings (SSSR count). The lowest BCUT2D eigenvalue weighted by Gasteiger charge is -2.18. The van der Waals surface area contributed by atoms with E-state index >= 15 is 0 Å². The first kappa shape index (κ1) is 16.2. The first-order valence-electron chi connectivity index (χ1n) is 6.69. The minimum Gasteiger partial charge on any atom is -0.396 e. The molecule has 1 saturated carbocycles. The molecule has 0 aliphatic heterocycles. The van der Waals surface area contributed by atoms with Gasteiger partial charge >= 0.3 is 6.18 Å². The Hall–Kier alpha value is -1.15. The lowest BCUT2D eigenvalue weighted by Crippen LogP contribution is -2.39. The number of halogens is 3. The van der Waals surface area contributed by atoms with E-state index in [4.69, 9.17) is 5.11 Å². The van der Waals surface area contributed by atoms with Crippen LogP contribution >= 0.6 is 0 Å². The Labute approximate surface area is 120 Å². The lowest BCUT2D eigenvalue weighted by atomic mass is 10.1. The van der Waals surface area contributed by atoms with Crippen LogP contribution in [0.5, 0.6) is 0 Å². The minimum atomic E-state index is -4.39. The highest BCUT2D eigenvalue weighted by Crippen LogP contribution is 2.30. The Bertz CT molecular complexity index is 481. The van der Waals surface area contributed by atoms with Gasteiger partial charge < -0.3 is 20.6 Å². The quantitative estimate of drug-likeness (QED) is 0.667. The van der Waals surface area contributed by atoms with Gasteiger partial charge in [0.2, 0.25) is 0 Å². The molecule has 0 aromatic heterocycles. The number of rotatable bonds is 4. The molecule has 0 heterocycles. The second kappa shape index (κ2) is 6.31. The standard InChI is InChI=1S/C14H18F3NO3/c15-14(16,17)10-3-1-2-8(4-10)6-18-11-5-9(7-19)12(20)13(11)21/h1-4,9,11-13,18-21H,5-7H2/t9-,11-,12-,13+/m1/s1. The second-order valence-electron chi connectivity index (χ2n) is 5.35. The Morgan fingerprint density at radius 2 is 1.90 bits per heavy atom. The van der Waals surface area contributed by atoms with Gasteiger partial charge in [-0.05, 0) is 18.1 Å². The van der Waals surface area contributed by atoms with Gasteiger partial charge in [-0.3, -0.25) is 0 Å². The van der Waals surface area contributed by atoms with Crippen molar-refractivity contribution < 1.29 is 28.5 Å². The molecule has 1 fully saturated rings. The third-order valence-corrected chi connectivity index (χ3v) is 3.86. The Kier molecular flexibility index (Phi) is 4.88. The number of nitrogens with one attached hydrogen (secondary N) is 1. The summed E-state index contributed by atoms with van der Waals surface area (Å²) >= 11 is 0. The van der Waals surface area contributed by atoms with Crippen LogP contribution in [-0.2, 0) is 12.7 Å². The average molecular weight is 305 g/mol. The van der Waals surface area contributed by atoms with Crippen molar-refractivity contribution in [2.75, 3.05) is 6.61 Å². The van der Waals surface area contributed by atoms with Crippen molar-refractivity contribution in [2.45, 2.75) is 37.4 Å². The molecule has 0 unspecified atom stereocenters. The van der Waals surface area contributed by atoms with Gasteiger partial charge in [-0.2, -0.15) is 13.2 Å². The first-order valence-corrected chi connectivity index (χ1v) is 6.69. The van der Waals surface area contributed by atoms with Crippen molar-refractivity contribution >= 4 is 0 Å². The van der Waals surface area contributed by atoms with Crippen molar-refractivity contribution in [3.05, 3.63) is 35.4 Å². The summed E-state index contributed by atoms with van der Waals surface area (Å²) < 4.78 is 37.8. The fraction of sp³-hybridized carbons (Fsp3) is 0.571. The molecule has 1 aliphatic carbocycles. The molecule has 4 nitrogen and oxygen atoms in total. The van der Waals surface area contributed by atoms with Crippen LogP contribution in [-0.4, -0.2) is 40.2 Å². The number of alkyl halides is 3. The van der Waals surface area contributed by atoms with E-state index in [0.29, 0.717) is 12.0 Å². The van der Waals surface area contributed by atoms with Crippen LogP contribution in [0.1, 0.15) is 17.5 Å². The number of benzene rings is 1. The molecule has 7 heteroatoms. The first-order chi connectivity index (χ1) is 9.82. The highest BCUT2D eigenvalue weighted by molar-refractivity contribution is 5.25. The van der Waals surface area contributed by atoms with Gasteiger partial charge in [-0.1, -0.05) is 18.2 Å². The molecular weight excluding hydrogens is 287 g/mol. The van der Waals surface area contributed by atoms with Gasteiger partial charge in [0, 0.05) is 25.1 Å². The molecule has 1 aliphatic rings. The number of aliphatic hydroxyl groups excluding tert-OH is 3. The summed E-state index contributed by atoms with van der Waals surface area (Å²) in [7, 11) is 0. The molecule has 0 saturated heterocycles. The predicted molar refractivity (Wildman–Crippen MR) is 69.3 cm³/mol. The van der Waals surface area contributed by atoms with Gasteiger partial charge in [0.1, 0.15) is 0 Å². The largest absolute Gasteiger partial charge is 0.416 e. The molecule has 21 heavy (non-hydrogen) atoms. The number of hydrogen-bond donors (Lipinski definition) is 4.